The molecule has 0 aliphatic carbocycles. The highest BCUT2D eigenvalue weighted by molar-refractivity contribution is 5.98. The summed E-state index contributed by atoms with van der Waals surface area (Å²) in [6.45, 7) is 4.06. The Morgan fingerprint density at radius 1 is 1.04 bits per heavy atom. The van der Waals surface area contributed by atoms with Crippen molar-refractivity contribution in [2.45, 2.75) is 32.7 Å². The first-order chi connectivity index (χ1) is 12.4. The van der Waals surface area contributed by atoms with Gasteiger partial charge in [-0.3, -0.25) is 14.4 Å². The summed E-state index contributed by atoms with van der Waals surface area (Å²) in [4.78, 5) is 36.8. The predicted molar refractivity (Wildman–Crippen MR) is 100 cm³/mol. The summed E-state index contributed by atoms with van der Waals surface area (Å²) < 4.78 is 0. The summed E-state index contributed by atoms with van der Waals surface area (Å²) in [7, 11) is 0. The second-order valence-electron chi connectivity index (χ2n) is 6.39. The minimum atomic E-state index is -0.937. The van der Waals surface area contributed by atoms with E-state index >= 15 is 0 Å². The molecule has 6 nitrogen and oxygen atoms in total. The molecule has 6 heteroatoms. The summed E-state index contributed by atoms with van der Waals surface area (Å²) >= 11 is 0. The van der Waals surface area contributed by atoms with E-state index in [1.54, 1.807) is 6.07 Å². The van der Waals surface area contributed by atoms with Gasteiger partial charge in [-0.05, 0) is 36.8 Å². The number of nitrogens with one attached hydrogen (secondary N) is 1. The maximum absolute atomic E-state index is 12.3. The van der Waals surface area contributed by atoms with Crippen LogP contribution in [0.4, 0.5) is 0 Å². The Balaban J connectivity index is 1.89. The minimum absolute atomic E-state index is 0.0851. The molecule has 2 amide bonds. The first-order valence-corrected chi connectivity index (χ1v) is 8.66. The maximum Gasteiger partial charge on any atom is 0.305 e. The summed E-state index contributed by atoms with van der Waals surface area (Å²) in [5.74, 6) is -1.33. The molecule has 0 radical (unpaired) electrons. The van der Waals surface area contributed by atoms with Gasteiger partial charge < -0.3 is 15.3 Å². The number of carboxylic acids is 1. The normalized spacial score (nSPS) is 10.7. The Kier molecular flexibility index (Phi) is 6.72. The van der Waals surface area contributed by atoms with E-state index in [-0.39, 0.29) is 43.8 Å². The van der Waals surface area contributed by atoms with Crippen molar-refractivity contribution in [3.63, 3.8) is 0 Å². The third-order valence-electron chi connectivity index (χ3n) is 4.15. The zero-order chi connectivity index (χ0) is 19.1. The number of hydrogen-bond acceptors (Lipinski definition) is 3. The second kappa shape index (κ2) is 8.99. The molecule has 2 aromatic rings. The molecule has 2 aromatic carbocycles. The van der Waals surface area contributed by atoms with Crippen molar-refractivity contribution < 1.29 is 19.5 Å². The summed E-state index contributed by atoms with van der Waals surface area (Å²) in [5.41, 5.74) is 0.544. The molecule has 2 N–H and O–H groups in total. The molecule has 0 bridgehead atoms. The standard InChI is InChI=1S/C20H24N2O4/c1-14(2)22(12-10-19(24)25)18(23)9-11-21-20(26)17-8-7-15-5-3-4-6-16(15)13-17/h3-8,13-14H,9-12H2,1-2H3,(H,21,26)(H,24,25). The molecule has 0 unspecified atom stereocenters. The van der Waals surface area contributed by atoms with Crippen LogP contribution in [0.5, 0.6) is 0 Å². The average molecular weight is 356 g/mol. The number of aliphatic carboxylic acids is 1. The fraction of sp³-hybridized carbons (Fsp3) is 0.350. The number of nitrogens with zero attached hydrogens (tertiary/aromatic N) is 1. The molecule has 138 valence electrons. The molecule has 0 fully saturated rings. The van der Waals surface area contributed by atoms with Crippen LogP contribution in [0, 0.1) is 0 Å². The van der Waals surface area contributed by atoms with Crippen LogP contribution in [0.3, 0.4) is 0 Å². The Morgan fingerprint density at radius 2 is 1.73 bits per heavy atom. The first kappa shape index (κ1) is 19.4. The van der Waals surface area contributed by atoms with Crippen LogP contribution in [0.1, 0.15) is 37.0 Å². The summed E-state index contributed by atoms with van der Waals surface area (Å²) in [6.07, 6.45) is 0.0461. The molecule has 0 atom stereocenters. The van der Waals surface area contributed by atoms with Gasteiger partial charge in [-0.15, -0.1) is 0 Å². The lowest BCUT2D eigenvalue weighted by Gasteiger charge is -2.26. The average Bonchev–Trinajstić information content (AvgIpc) is 2.60. The Bertz CT molecular complexity index is 801. The molecular formula is C20H24N2O4. The predicted octanol–water partition coefficient (Wildman–Crippen LogP) is 2.67. The SMILES string of the molecule is CC(C)N(CCC(=O)O)C(=O)CCNC(=O)c1ccc2ccccc2c1. The Hall–Kier alpha value is -2.89. The number of carboxylic acid groups (broad SMARTS) is 1. The minimum Gasteiger partial charge on any atom is -0.481 e. The molecule has 0 heterocycles. The van der Waals surface area contributed by atoms with Crippen molar-refractivity contribution in [3.05, 3.63) is 48.0 Å². The quantitative estimate of drug-likeness (QED) is 0.761. The number of carbonyl (C=O) groups is 3. The third-order valence-corrected chi connectivity index (χ3v) is 4.15. The van der Waals surface area contributed by atoms with E-state index in [1.165, 1.54) is 4.90 Å². The van der Waals surface area contributed by atoms with Crippen LogP contribution in [0.15, 0.2) is 42.5 Å². The van der Waals surface area contributed by atoms with E-state index in [0.29, 0.717) is 5.56 Å². The maximum atomic E-state index is 12.3. The lowest BCUT2D eigenvalue weighted by molar-refractivity contribution is -0.139. The van der Waals surface area contributed by atoms with Crippen LogP contribution >= 0.6 is 0 Å². The molecule has 0 aliphatic heterocycles. The van der Waals surface area contributed by atoms with Crippen LogP contribution in [0.25, 0.3) is 10.8 Å². The lowest BCUT2D eigenvalue weighted by Crippen LogP contribution is -2.40. The van der Waals surface area contributed by atoms with Crippen molar-refractivity contribution in [2.24, 2.45) is 0 Å². The number of hydrogen-bond donors (Lipinski definition) is 2. The number of amides is 2. The first-order valence-electron chi connectivity index (χ1n) is 8.66. The number of benzene rings is 2. The second-order valence-corrected chi connectivity index (χ2v) is 6.39. The van der Waals surface area contributed by atoms with Gasteiger partial charge in [0.05, 0.1) is 6.42 Å². The highest BCUT2D eigenvalue weighted by atomic mass is 16.4. The van der Waals surface area contributed by atoms with Gasteiger partial charge in [0.2, 0.25) is 5.91 Å². The molecule has 0 saturated carbocycles. The smallest absolute Gasteiger partial charge is 0.305 e. The number of rotatable bonds is 8. The van der Waals surface area contributed by atoms with Crippen molar-refractivity contribution >= 4 is 28.6 Å². The fourth-order valence-electron chi connectivity index (χ4n) is 2.75. The zero-order valence-electron chi connectivity index (χ0n) is 15.1. The highest BCUT2D eigenvalue weighted by Gasteiger charge is 2.18. The molecule has 0 saturated heterocycles. The zero-order valence-corrected chi connectivity index (χ0v) is 15.1. The largest absolute Gasteiger partial charge is 0.481 e. The van der Waals surface area contributed by atoms with Gasteiger partial charge in [-0.1, -0.05) is 30.3 Å². The molecule has 0 aliphatic rings. The van der Waals surface area contributed by atoms with E-state index < -0.39 is 5.97 Å². The van der Waals surface area contributed by atoms with Crippen LogP contribution in [0.2, 0.25) is 0 Å². The van der Waals surface area contributed by atoms with Crippen LogP contribution < -0.4 is 5.32 Å². The molecule has 0 spiro atoms. The molecule has 0 aromatic heterocycles. The third kappa shape index (κ3) is 5.31. The van der Waals surface area contributed by atoms with E-state index in [2.05, 4.69) is 5.32 Å². The van der Waals surface area contributed by atoms with Gasteiger partial charge in [0, 0.05) is 31.1 Å². The molecule has 2 rings (SSSR count). The number of fused-ring (bicyclic) bond motifs is 1. The highest BCUT2D eigenvalue weighted by Crippen LogP contribution is 2.15. The van der Waals surface area contributed by atoms with Gasteiger partial charge in [-0.2, -0.15) is 0 Å². The van der Waals surface area contributed by atoms with Crippen LogP contribution in [-0.2, 0) is 9.59 Å². The molecule has 26 heavy (non-hydrogen) atoms. The van der Waals surface area contributed by atoms with E-state index in [0.717, 1.165) is 10.8 Å². The van der Waals surface area contributed by atoms with E-state index in [1.807, 2.05) is 50.2 Å². The van der Waals surface area contributed by atoms with Gasteiger partial charge in [0.1, 0.15) is 0 Å². The Labute approximate surface area is 152 Å². The van der Waals surface area contributed by atoms with Crippen molar-refractivity contribution in [3.8, 4) is 0 Å². The van der Waals surface area contributed by atoms with Crippen molar-refractivity contribution in [1.29, 1.82) is 0 Å². The van der Waals surface area contributed by atoms with Gasteiger partial charge >= 0.3 is 5.97 Å². The van der Waals surface area contributed by atoms with Gasteiger partial charge in [0.15, 0.2) is 0 Å². The van der Waals surface area contributed by atoms with Crippen molar-refractivity contribution in [2.75, 3.05) is 13.1 Å². The van der Waals surface area contributed by atoms with Gasteiger partial charge in [0.25, 0.3) is 5.91 Å². The fourth-order valence-corrected chi connectivity index (χ4v) is 2.75. The van der Waals surface area contributed by atoms with E-state index in [9.17, 15) is 14.4 Å². The molecular weight excluding hydrogens is 332 g/mol. The van der Waals surface area contributed by atoms with Crippen LogP contribution in [-0.4, -0.2) is 46.9 Å². The summed E-state index contributed by atoms with van der Waals surface area (Å²) in [6, 6.07) is 13.2. The topological polar surface area (TPSA) is 86.7 Å². The van der Waals surface area contributed by atoms with Crippen molar-refractivity contribution in [1.82, 2.24) is 10.2 Å². The summed E-state index contributed by atoms with van der Waals surface area (Å²) in [5, 5.41) is 13.6. The van der Waals surface area contributed by atoms with Gasteiger partial charge in [-0.25, -0.2) is 0 Å². The Morgan fingerprint density at radius 3 is 2.38 bits per heavy atom. The lowest BCUT2D eigenvalue weighted by atomic mass is 10.1. The monoisotopic (exact) mass is 356 g/mol. The number of carbonyl (C=O) groups excluding carboxylic acids is 2. The van der Waals surface area contributed by atoms with E-state index in [4.69, 9.17) is 5.11 Å².